The van der Waals surface area contributed by atoms with Gasteiger partial charge in [0.15, 0.2) is 0 Å². The first kappa shape index (κ1) is 20.0. The molecule has 1 amide bonds. The molecule has 27 heavy (non-hydrogen) atoms. The Hall–Kier alpha value is -1.79. The molecule has 0 radical (unpaired) electrons. The molecule has 0 bridgehead atoms. The van der Waals surface area contributed by atoms with E-state index in [-0.39, 0.29) is 5.91 Å². The lowest BCUT2D eigenvalue weighted by Gasteiger charge is -2.43. The molecule has 0 unspecified atom stereocenters. The highest BCUT2D eigenvalue weighted by atomic mass is 16.5. The van der Waals surface area contributed by atoms with E-state index < -0.39 is 0 Å². The second kappa shape index (κ2) is 8.93. The summed E-state index contributed by atoms with van der Waals surface area (Å²) >= 11 is 0. The van der Waals surface area contributed by atoms with Gasteiger partial charge in [-0.2, -0.15) is 0 Å². The molecule has 1 aromatic carbocycles. The Balaban J connectivity index is 1.78. The predicted molar refractivity (Wildman–Crippen MR) is 108 cm³/mol. The number of piperazine rings is 1. The van der Waals surface area contributed by atoms with Crippen molar-refractivity contribution in [3.63, 3.8) is 0 Å². The minimum Gasteiger partial charge on any atom is -0.495 e. The van der Waals surface area contributed by atoms with Gasteiger partial charge in [0.2, 0.25) is 0 Å². The van der Waals surface area contributed by atoms with Crippen molar-refractivity contribution in [2.24, 2.45) is 0 Å². The summed E-state index contributed by atoms with van der Waals surface area (Å²) in [5, 5.41) is 0. The number of nitrogens with zero attached hydrogens (tertiary/aromatic N) is 3. The van der Waals surface area contributed by atoms with Crippen LogP contribution < -0.4 is 9.64 Å². The van der Waals surface area contributed by atoms with Crippen LogP contribution in [0.25, 0.3) is 0 Å². The molecule has 0 saturated carbocycles. The summed E-state index contributed by atoms with van der Waals surface area (Å²) in [6, 6.07) is 6.74. The molecule has 6 heteroatoms. The zero-order valence-corrected chi connectivity index (χ0v) is 17.1. The first-order valence-corrected chi connectivity index (χ1v) is 10.1. The third-order valence-electron chi connectivity index (χ3n) is 5.73. The highest BCUT2D eigenvalue weighted by molar-refractivity contribution is 5.95. The van der Waals surface area contributed by atoms with Gasteiger partial charge >= 0.3 is 0 Å². The van der Waals surface area contributed by atoms with Crippen molar-refractivity contribution >= 4 is 11.6 Å². The van der Waals surface area contributed by atoms with E-state index in [1.54, 1.807) is 7.11 Å². The maximum atomic E-state index is 13.2. The number of hydrogen-bond donors (Lipinski definition) is 0. The highest BCUT2D eigenvalue weighted by Gasteiger charge is 2.30. The van der Waals surface area contributed by atoms with Gasteiger partial charge in [-0.25, -0.2) is 0 Å². The quantitative estimate of drug-likeness (QED) is 0.791. The lowest BCUT2D eigenvalue weighted by atomic mass is 10.1. The molecule has 0 aliphatic carbocycles. The molecule has 2 heterocycles. The number of methoxy groups -OCH3 is 1. The van der Waals surface area contributed by atoms with Crippen molar-refractivity contribution in [3.8, 4) is 5.75 Å². The van der Waals surface area contributed by atoms with Gasteiger partial charge in [0, 0.05) is 50.4 Å². The average molecular weight is 376 g/mol. The van der Waals surface area contributed by atoms with Gasteiger partial charge in [0.05, 0.1) is 26.0 Å². The molecule has 0 N–H and O–H groups in total. The van der Waals surface area contributed by atoms with E-state index in [0.29, 0.717) is 25.3 Å². The van der Waals surface area contributed by atoms with Crippen LogP contribution in [0, 0.1) is 0 Å². The monoisotopic (exact) mass is 375 g/mol. The van der Waals surface area contributed by atoms with Gasteiger partial charge in [-0.15, -0.1) is 0 Å². The Morgan fingerprint density at radius 3 is 2.59 bits per heavy atom. The van der Waals surface area contributed by atoms with Crippen LogP contribution >= 0.6 is 0 Å². The van der Waals surface area contributed by atoms with Crippen LogP contribution in [-0.4, -0.2) is 80.8 Å². The molecule has 2 aliphatic heterocycles. The molecular weight excluding hydrogens is 342 g/mol. The predicted octanol–water partition coefficient (Wildman–Crippen LogP) is 2.48. The summed E-state index contributed by atoms with van der Waals surface area (Å²) in [4.78, 5) is 20.0. The summed E-state index contributed by atoms with van der Waals surface area (Å²) in [5.74, 6) is 0.929. The topological polar surface area (TPSA) is 45.3 Å². The average Bonchev–Trinajstić information content (AvgIpc) is 2.72. The van der Waals surface area contributed by atoms with E-state index >= 15 is 0 Å². The lowest BCUT2D eigenvalue weighted by molar-refractivity contribution is 0.0371. The summed E-state index contributed by atoms with van der Waals surface area (Å²) in [6.45, 7) is 12.2. The minimum atomic E-state index is 0.119. The molecule has 2 saturated heterocycles. The summed E-state index contributed by atoms with van der Waals surface area (Å²) in [5.41, 5.74) is 1.73. The van der Waals surface area contributed by atoms with Crippen molar-refractivity contribution in [2.75, 3.05) is 57.9 Å². The number of carbonyl (C=O) groups excluding carboxylic acids is 1. The summed E-state index contributed by atoms with van der Waals surface area (Å²) in [7, 11) is 1.68. The van der Waals surface area contributed by atoms with E-state index in [0.717, 1.165) is 56.1 Å². The maximum absolute atomic E-state index is 13.2. The van der Waals surface area contributed by atoms with Crippen LogP contribution in [-0.2, 0) is 4.74 Å². The smallest absolute Gasteiger partial charge is 0.254 e. The van der Waals surface area contributed by atoms with Crippen LogP contribution in [0.2, 0.25) is 0 Å². The number of morpholine rings is 1. The van der Waals surface area contributed by atoms with Crippen LogP contribution in [0.3, 0.4) is 0 Å². The molecule has 0 spiro atoms. The molecule has 2 fully saturated rings. The van der Waals surface area contributed by atoms with Crippen molar-refractivity contribution < 1.29 is 14.3 Å². The second-order valence-corrected chi connectivity index (χ2v) is 7.63. The van der Waals surface area contributed by atoms with E-state index in [2.05, 4.69) is 30.6 Å². The van der Waals surface area contributed by atoms with Gasteiger partial charge in [-0.05, 0) is 38.5 Å². The number of benzene rings is 1. The maximum Gasteiger partial charge on any atom is 0.254 e. The Kier molecular flexibility index (Phi) is 6.60. The van der Waals surface area contributed by atoms with E-state index in [9.17, 15) is 4.79 Å². The van der Waals surface area contributed by atoms with E-state index in [4.69, 9.17) is 9.47 Å². The molecule has 6 nitrogen and oxygen atoms in total. The third-order valence-corrected chi connectivity index (χ3v) is 5.73. The van der Waals surface area contributed by atoms with Crippen LogP contribution in [0.1, 0.15) is 37.6 Å². The lowest BCUT2D eigenvalue weighted by Crippen LogP contribution is -2.56. The van der Waals surface area contributed by atoms with E-state index in [1.807, 2.05) is 23.1 Å². The Labute approximate surface area is 163 Å². The molecule has 2 aliphatic rings. The number of hydrogen-bond acceptors (Lipinski definition) is 5. The van der Waals surface area contributed by atoms with Crippen molar-refractivity contribution in [2.45, 2.75) is 39.3 Å². The first-order valence-electron chi connectivity index (χ1n) is 10.1. The molecule has 150 valence electrons. The zero-order valence-electron chi connectivity index (χ0n) is 17.1. The number of carbonyl (C=O) groups is 1. The van der Waals surface area contributed by atoms with Gasteiger partial charge < -0.3 is 19.3 Å². The summed E-state index contributed by atoms with van der Waals surface area (Å²) in [6.07, 6.45) is 1.06. The Morgan fingerprint density at radius 1 is 1.22 bits per heavy atom. The van der Waals surface area contributed by atoms with Gasteiger partial charge in [0.25, 0.3) is 5.91 Å². The first-order chi connectivity index (χ1) is 13.0. The van der Waals surface area contributed by atoms with Crippen molar-refractivity contribution in [1.29, 1.82) is 0 Å². The molecule has 1 atom stereocenters. The second-order valence-electron chi connectivity index (χ2n) is 7.63. The molecule has 3 rings (SSSR count). The standard InChI is InChI=1S/C21H33N3O3/c1-5-18-15-23(8-9-24(18)16(2)3)21(25)17-6-7-20(26-4)19(14-17)22-10-12-27-13-11-22/h6-7,14,16,18H,5,8-13,15H2,1-4H3/t18-/m1/s1. The minimum absolute atomic E-state index is 0.119. The molecule has 1 aromatic rings. The van der Waals surface area contributed by atoms with Gasteiger partial charge in [0.1, 0.15) is 5.75 Å². The normalized spacial score (nSPS) is 21.6. The van der Waals surface area contributed by atoms with Crippen LogP contribution in [0.15, 0.2) is 18.2 Å². The van der Waals surface area contributed by atoms with Crippen LogP contribution in [0.5, 0.6) is 5.75 Å². The van der Waals surface area contributed by atoms with Gasteiger partial charge in [-0.3, -0.25) is 9.69 Å². The Morgan fingerprint density at radius 2 is 1.96 bits per heavy atom. The number of rotatable bonds is 5. The molecule has 0 aromatic heterocycles. The molecular formula is C21H33N3O3. The van der Waals surface area contributed by atoms with Crippen molar-refractivity contribution in [3.05, 3.63) is 23.8 Å². The van der Waals surface area contributed by atoms with Gasteiger partial charge in [-0.1, -0.05) is 6.92 Å². The number of ether oxygens (including phenoxy) is 2. The van der Waals surface area contributed by atoms with Crippen molar-refractivity contribution in [1.82, 2.24) is 9.80 Å². The fraction of sp³-hybridized carbons (Fsp3) is 0.667. The SMILES string of the molecule is CC[C@@H]1CN(C(=O)c2ccc(OC)c(N3CCOCC3)c2)CCN1C(C)C. The largest absolute Gasteiger partial charge is 0.495 e. The number of amides is 1. The van der Waals surface area contributed by atoms with Crippen LogP contribution in [0.4, 0.5) is 5.69 Å². The third kappa shape index (κ3) is 4.38. The van der Waals surface area contributed by atoms with E-state index in [1.165, 1.54) is 0 Å². The fourth-order valence-electron chi connectivity index (χ4n) is 4.15. The Bertz CT molecular complexity index is 644. The zero-order chi connectivity index (χ0) is 19.4. The fourth-order valence-corrected chi connectivity index (χ4v) is 4.15. The number of anilines is 1. The highest BCUT2D eigenvalue weighted by Crippen LogP contribution is 2.31. The summed E-state index contributed by atoms with van der Waals surface area (Å²) < 4.78 is 11.0.